The molecular formula is C13H14F3N3O2. The second-order valence-electron chi connectivity index (χ2n) is 4.50. The highest BCUT2D eigenvalue weighted by molar-refractivity contribution is 5.26. The van der Waals surface area contributed by atoms with Crippen LogP contribution in [0.25, 0.3) is 0 Å². The van der Waals surface area contributed by atoms with Crippen molar-refractivity contribution in [2.75, 3.05) is 6.54 Å². The van der Waals surface area contributed by atoms with Gasteiger partial charge in [-0.1, -0.05) is 17.3 Å². The van der Waals surface area contributed by atoms with Crippen LogP contribution in [0.2, 0.25) is 0 Å². The minimum Gasteiger partial charge on any atom is -0.387 e. The quantitative estimate of drug-likeness (QED) is 0.886. The second-order valence-corrected chi connectivity index (χ2v) is 4.50. The van der Waals surface area contributed by atoms with E-state index in [1.54, 1.807) is 6.92 Å². The maximum Gasteiger partial charge on any atom is 0.416 e. The third kappa shape index (κ3) is 4.27. The molecule has 2 N–H and O–H groups in total. The molecule has 21 heavy (non-hydrogen) atoms. The molecule has 0 fully saturated rings. The summed E-state index contributed by atoms with van der Waals surface area (Å²) in [7, 11) is 0. The molecule has 0 aliphatic rings. The standard InChI is InChI=1S/C13H14F3N3O2/c1-8-18-12(21-19-8)7-17-6-11(20)9-2-4-10(5-3-9)13(14,15)16/h2-5,11,17,20H,6-7H2,1H3. The first-order chi connectivity index (χ1) is 9.86. The molecule has 1 heterocycles. The van der Waals surface area contributed by atoms with Crippen LogP contribution in [0, 0.1) is 6.92 Å². The Morgan fingerprint density at radius 1 is 1.29 bits per heavy atom. The van der Waals surface area contributed by atoms with E-state index in [0.29, 0.717) is 17.3 Å². The Balaban J connectivity index is 1.87. The number of hydrogen-bond acceptors (Lipinski definition) is 5. The van der Waals surface area contributed by atoms with Crippen molar-refractivity contribution in [3.8, 4) is 0 Å². The molecule has 1 aromatic carbocycles. The van der Waals surface area contributed by atoms with Gasteiger partial charge >= 0.3 is 6.18 Å². The van der Waals surface area contributed by atoms with Gasteiger partial charge in [0, 0.05) is 6.54 Å². The fraction of sp³-hybridized carbons (Fsp3) is 0.385. The number of halogens is 3. The molecule has 1 unspecified atom stereocenters. The van der Waals surface area contributed by atoms with Crippen molar-refractivity contribution < 1.29 is 22.8 Å². The predicted octanol–water partition coefficient (Wildman–Crippen LogP) is 2.22. The lowest BCUT2D eigenvalue weighted by Gasteiger charge is -2.13. The summed E-state index contributed by atoms with van der Waals surface area (Å²) in [6, 6.07) is 4.40. The molecule has 114 valence electrons. The van der Waals surface area contributed by atoms with E-state index in [9.17, 15) is 18.3 Å². The Labute approximate surface area is 118 Å². The zero-order chi connectivity index (χ0) is 15.5. The van der Waals surface area contributed by atoms with Crippen molar-refractivity contribution in [2.45, 2.75) is 25.7 Å². The minimum absolute atomic E-state index is 0.160. The molecule has 2 aromatic rings. The Hall–Kier alpha value is -1.93. The topological polar surface area (TPSA) is 71.2 Å². The van der Waals surface area contributed by atoms with E-state index in [1.807, 2.05) is 0 Å². The van der Waals surface area contributed by atoms with Gasteiger partial charge in [-0.05, 0) is 24.6 Å². The third-order valence-corrected chi connectivity index (χ3v) is 2.81. The number of aliphatic hydroxyl groups excluding tert-OH is 1. The van der Waals surface area contributed by atoms with Crippen LogP contribution >= 0.6 is 0 Å². The number of alkyl halides is 3. The van der Waals surface area contributed by atoms with Gasteiger partial charge in [-0.2, -0.15) is 18.2 Å². The summed E-state index contributed by atoms with van der Waals surface area (Å²) >= 11 is 0. The van der Waals surface area contributed by atoms with Crippen LogP contribution in [0.15, 0.2) is 28.8 Å². The molecule has 1 aromatic heterocycles. The highest BCUT2D eigenvalue weighted by atomic mass is 19.4. The van der Waals surface area contributed by atoms with Gasteiger partial charge in [-0.3, -0.25) is 0 Å². The van der Waals surface area contributed by atoms with E-state index < -0.39 is 17.8 Å². The Kier molecular flexibility index (Phi) is 4.59. The highest BCUT2D eigenvalue weighted by Crippen LogP contribution is 2.29. The number of hydrogen-bond donors (Lipinski definition) is 2. The number of benzene rings is 1. The van der Waals surface area contributed by atoms with Gasteiger partial charge in [0.1, 0.15) is 0 Å². The summed E-state index contributed by atoms with van der Waals surface area (Å²) in [5.41, 5.74) is -0.343. The van der Waals surface area contributed by atoms with E-state index in [-0.39, 0.29) is 13.1 Å². The van der Waals surface area contributed by atoms with Crippen LogP contribution in [0.5, 0.6) is 0 Å². The zero-order valence-electron chi connectivity index (χ0n) is 11.2. The Morgan fingerprint density at radius 2 is 1.95 bits per heavy atom. The number of nitrogens with zero attached hydrogens (tertiary/aromatic N) is 2. The molecule has 0 aliphatic heterocycles. The fourth-order valence-corrected chi connectivity index (χ4v) is 1.74. The van der Waals surface area contributed by atoms with Crippen molar-refractivity contribution in [3.63, 3.8) is 0 Å². The van der Waals surface area contributed by atoms with E-state index in [0.717, 1.165) is 12.1 Å². The Morgan fingerprint density at radius 3 is 2.48 bits per heavy atom. The van der Waals surface area contributed by atoms with Crippen LogP contribution in [-0.2, 0) is 12.7 Å². The summed E-state index contributed by atoms with van der Waals surface area (Å²) in [5, 5.41) is 16.4. The highest BCUT2D eigenvalue weighted by Gasteiger charge is 2.30. The largest absolute Gasteiger partial charge is 0.416 e. The fourth-order valence-electron chi connectivity index (χ4n) is 1.74. The molecule has 2 rings (SSSR count). The monoisotopic (exact) mass is 301 g/mol. The van der Waals surface area contributed by atoms with Gasteiger partial charge in [0.15, 0.2) is 5.82 Å². The summed E-state index contributed by atoms with van der Waals surface area (Å²) in [6.45, 7) is 2.12. The van der Waals surface area contributed by atoms with Gasteiger partial charge in [0.25, 0.3) is 0 Å². The zero-order valence-corrected chi connectivity index (χ0v) is 11.2. The number of aromatic nitrogens is 2. The smallest absolute Gasteiger partial charge is 0.387 e. The van der Waals surface area contributed by atoms with Crippen LogP contribution in [0.4, 0.5) is 13.2 Å². The lowest BCUT2D eigenvalue weighted by Crippen LogP contribution is -2.21. The van der Waals surface area contributed by atoms with Crippen molar-refractivity contribution in [1.82, 2.24) is 15.5 Å². The maximum atomic E-state index is 12.4. The predicted molar refractivity (Wildman–Crippen MR) is 67.1 cm³/mol. The van der Waals surface area contributed by atoms with Crippen molar-refractivity contribution in [3.05, 3.63) is 47.1 Å². The van der Waals surface area contributed by atoms with Gasteiger partial charge in [-0.15, -0.1) is 0 Å². The summed E-state index contributed by atoms with van der Waals surface area (Å²) in [6.07, 6.45) is -5.30. The first-order valence-corrected chi connectivity index (χ1v) is 6.21. The first-order valence-electron chi connectivity index (χ1n) is 6.21. The van der Waals surface area contributed by atoms with Crippen LogP contribution in [0.1, 0.15) is 28.9 Å². The van der Waals surface area contributed by atoms with Crippen LogP contribution in [0.3, 0.4) is 0 Å². The molecule has 0 radical (unpaired) electrons. The second kappa shape index (κ2) is 6.23. The van der Waals surface area contributed by atoms with Crippen LogP contribution in [-0.4, -0.2) is 21.8 Å². The number of aliphatic hydroxyl groups is 1. The molecule has 0 saturated carbocycles. The van der Waals surface area contributed by atoms with Gasteiger partial charge in [-0.25, -0.2) is 0 Å². The van der Waals surface area contributed by atoms with Crippen molar-refractivity contribution in [1.29, 1.82) is 0 Å². The minimum atomic E-state index is -4.38. The lowest BCUT2D eigenvalue weighted by atomic mass is 10.1. The molecule has 0 saturated heterocycles. The molecule has 8 heteroatoms. The summed E-state index contributed by atoms with van der Waals surface area (Å²) in [4.78, 5) is 3.97. The molecular weight excluding hydrogens is 287 g/mol. The maximum absolute atomic E-state index is 12.4. The van der Waals surface area contributed by atoms with Gasteiger partial charge < -0.3 is 14.9 Å². The number of aryl methyl sites for hydroxylation is 1. The van der Waals surface area contributed by atoms with Crippen LogP contribution < -0.4 is 5.32 Å². The molecule has 0 bridgehead atoms. The van der Waals surface area contributed by atoms with E-state index in [4.69, 9.17) is 4.52 Å². The molecule has 0 amide bonds. The van der Waals surface area contributed by atoms with Crippen molar-refractivity contribution >= 4 is 0 Å². The summed E-state index contributed by atoms with van der Waals surface area (Å²) in [5.74, 6) is 0.891. The SMILES string of the molecule is Cc1noc(CNCC(O)c2ccc(C(F)(F)F)cc2)n1. The molecule has 0 aliphatic carbocycles. The van der Waals surface area contributed by atoms with E-state index in [1.165, 1.54) is 12.1 Å². The Bertz CT molecular complexity index is 581. The van der Waals surface area contributed by atoms with Gasteiger partial charge in [0.2, 0.25) is 5.89 Å². The molecule has 0 spiro atoms. The first kappa shape index (κ1) is 15.5. The van der Waals surface area contributed by atoms with Gasteiger partial charge in [0.05, 0.1) is 18.2 Å². The average molecular weight is 301 g/mol. The van der Waals surface area contributed by atoms with E-state index >= 15 is 0 Å². The van der Waals surface area contributed by atoms with E-state index in [2.05, 4.69) is 15.5 Å². The lowest BCUT2D eigenvalue weighted by molar-refractivity contribution is -0.137. The normalized spacial score (nSPS) is 13.4. The number of rotatable bonds is 5. The third-order valence-electron chi connectivity index (χ3n) is 2.81. The molecule has 1 atom stereocenters. The average Bonchev–Trinajstić information content (AvgIpc) is 2.83. The number of nitrogens with one attached hydrogen (secondary N) is 1. The summed E-state index contributed by atoms with van der Waals surface area (Å²) < 4.78 is 42.1. The molecule has 5 nitrogen and oxygen atoms in total. The van der Waals surface area contributed by atoms with Crippen molar-refractivity contribution in [2.24, 2.45) is 0 Å².